The number of carbonyl (C=O) groups is 1. The van der Waals surface area contributed by atoms with Crippen molar-refractivity contribution in [3.8, 4) is 0 Å². The zero-order chi connectivity index (χ0) is 10.6. The molecule has 0 aliphatic rings. The number of urea groups is 1. The van der Waals surface area contributed by atoms with Gasteiger partial charge in [-0.3, -0.25) is 0 Å². The summed E-state index contributed by atoms with van der Waals surface area (Å²) in [6.07, 6.45) is 0. The van der Waals surface area contributed by atoms with Gasteiger partial charge in [0.15, 0.2) is 0 Å². The molecule has 0 aliphatic heterocycles. The fourth-order valence-electron chi connectivity index (χ4n) is 0.929. The summed E-state index contributed by atoms with van der Waals surface area (Å²) in [6.45, 7) is 2.48. The van der Waals surface area contributed by atoms with Gasteiger partial charge >= 0.3 is 6.03 Å². The van der Waals surface area contributed by atoms with E-state index in [1.165, 1.54) is 17.0 Å². The first-order valence-corrected chi connectivity index (χ1v) is 4.41. The third-order valence-corrected chi connectivity index (χ3v) is 1.90. The highest BCUT2D eigenvalue weighted by molar-refractivity contribution is 5.89. The van der Waals surface area contributed by atoms with Crippen molar-refractivity contribution in [1.82, 2.24) is 4.90 Å². The maximum Gasteiger partial charge on any atom is 0.321 e. The van der Waals surface area contributed by atoms with Crippen LogP contribution in [-0.2, 0) is 0 Å². The first-order chi connectivity index (χ1) is 6.63. The molecule has 0 aromatic heterocycles. The highest BCUT2D eigenvalue weighted by Gasteiger charge is 2.05. The Bertz CT molecular complexity index is 328. The molecule has 0 bridgehead atoms. The largest absolute Gasteiger partial charge is 0.328 e. The van der Waals surface area contributed by atoms with E-state index in [0.717, 1.165) is 0 Å². The molecule has 0 radical (unpaired) electrons. The number of halogens is 1. The van der Waals surface area contributed by atoms with E-state index < -0.39 is 0 Å². The summed E-state index contributed by atoms with van der Waals surface area (Å²) in [5, 5.41) is 2.58. The van der Waals surface area contributed by atoms with Gasteiger partial charge in [0, 0.05) is 19.3 Å². The minimum absolute atomic E-state index is 0.238. The van der Waals surface area contributed by atoms with E-state index in [-0.39, 0.29) is 11.8 Å². The van der Waals surface area contributed by atoms with Crippen LogP contribution in [0.2, 0.25) is 0 Å². The van der Waals surface area contributed by atoms with Crippen LogP contribution >= 0.6 is 0 Å². The lowest BCUT2D eigenvalue weighted by atomic mass is 10.3. The van der Waals surface area contributed by atoms with Crippen molar-refractivity contribution in [3.05, 3.63) is 30.1 Å². The normalized spacial score (nSPS) is 9.64. The third-order valence-electron chi connectivity index (χ3n) is 1.90. The van der Waals surface area contributed by atoms with Crippen LogP contribution < -0.4 is 5.32 Å². The molecule has 0 aliphatic carbocycles. The van der Waals surface area contributed by atoms with Gasteiger partial charge in [-0.1, -0.05) is 6.07 Å². The van der Waals surface area contributed by atoms with Crippen molar-refractivity contribution in [2.45, 2.75) is 6.92 Å². The Hall–Kier alpha value is -1.58. The van der Waals surface area contributed by atoms with E-state index in [1.54, 1.807) is 19.2 Å². The fraction of sp³-hybridized carbons (Fsp3) is 0.300. The lowest BCUT2D eigenvalue weighted by Gasteiger charge is -2.15. The summed E-state index contributed by atoms with van der Waals surface area (Å²) in [5.41, 5.74) is 0.468. The van der Waals surface area contributed by atoms with Gasteiger partial charge in [-0.15, -0.1) is 0 Å². The Morgan fingerprint density at radius 1 is 1.57 bits per heavy atom. The number of hydrogen-bond acceptors (Lipinski definition) is 1. The van der Waals surface area contributed by atoms with Crippen molar-refractivity contribution < 1.29 is 9.18 Å². The number of amides is 2. The van der Waals surface area contributed by atoms with Crippen molar-refractivity contribution in [2.75, 3.05) is 18.9 Å². The highest BCUT2D eigenvalue weighted by atomic mass is 19.1. The summed E-state index contributed by atoms with van der Waals surface area (Å²) < 4.78 is 12.7. The van der Waals surface area contributed by atoms with Crippen molar-refractivity contribution in [2.24, 2.45) is 0 Å². The smallest absolute Gasteiger partial charge is 0.321 e. The zero-order valence-corrected chi connectivity index (χ0v) is 8.25. The third kappa shape index (κ3) is 2.73. The second-order valence-corrected chi connectivity index (χ2v) is 2.95. The van der Waals surface area contributed by atoms with Crippen LogP contribution in [0.3, 0.4) is 0 Å². The van der Waals surface area contributed by atoms with Gasteiger partial charge in [-0.2, -0.15) is 0 Å². The SMILES string of the molecule is CCN(C)C(=O)Nc1cccc(F)c1. The average molecular weight is 196 g/mol. The zero-order valence-electron chi connectivity index (χ0n) is 8.25. The minimum Gasteiger partial charge on any atom is -0.328 e. The van der Waals surface area contributed by atoms with Crippen molar-refractivity contribution in [3.63, 3.8) is 0 Å². The topological polar surface area (TPSA) is 32.3 Å². The Morgan fingerprint density at radius 3 is 2.86 bits per heavy atom. The number of hydrogen-bond donors (Lipinski definition) is 1. The molecule has 1 N–H and O–H groups in total. The molecule has 0 saturated heterocycles. The first kappa shape index (κ1) is 10.5. The van der Waals surface area contributed by atoms with Gasteiger partial charge in [-0.05, 0) is 25.1 Å². The second-order valence-electron chi connectivity index (χ2n) is 2.95. The molecule has 1 aromatic carbocycles. The highest BCUT2D eigenvalue weighted by Crippen LogP contribution is 2.09. The summed E-state index contributed by atoms with van der Waals surface area (Å²) in [5.74, 6) is -0.359. The maximum absolute atomic E-state index is 12.7. The van der Waals surface area contributed by atoms with Crippen LogP contribution in [0, 0.1) is 5.82 Å². The molecule has 0 heterocycles. The number of nitrogens with zero attached hydrogens (tertiary/aromatic N) is 1. The van der Waals surface area contributed by atoms with Crippen molar-refractivity contribution >= 4 is 11.7 Å². The first-order valence-electron chi connectivity index (χ1n) is 4.41. The second kappa shape index (κ2) is 4.60. The Balaban J connectivity index is 2.65. The van der Waals surface area contributed by atoms with E-state index >= 15 is 0 Å². The molecule has 3 nitrogen and oxygen atoms in total. The van der Waals surface area contributed by atoms with Crippen LogP contribution in [0.15, 0.2) is 24.3 Å². The van der Waals surface area contributed by atoms with Gasteiger partial charge in [0.2, 0.25) is 0 Å². The molecule has 0 unspecified atom stereocenters. The summed E-state index contributed by atoms with van der Waals surface area (Å²) >= 11 is 0. The van der Waals surface area contributed by atoms with E-state index in [9.17, 15) is 9.18 Å². The molecule has 0 saturated carbocycles. The van der Waals surface area contributed by atoms with Gasteiger partial charge in [0.1, 0.15) is 5.82 Å². The van der Waals surface area contributed by atoms with Gasteiger partial charge in [0.25, 0.3) is 0 Å². The monoisotopic (exact) mass is 196 g/mol. The molecule has 0 fully saturated rings. The lowest BCUT2D eigenvalue weighted by Crippen LogP contribution is -2.30. The number of anilines is 1. The quantitative estimate of drug-likeness (QED) is 0.773. The molecule has 1 aromatic rings. The van der Waals surface area contributed by atoms with Crippen molar-refractivity contribution in [1.29, 1.82) is 0 Å². The number of rotatable bonds is 2. The molecule has 14 heavy (non-hydrogen) atoms. The summed E-state index contributed by atoms with van der Waals surface area (Å²) in [6, 6.07) is 5.57. The van der Waals surface area contributed by atoms with Crippen LogP contribution in [0.4, 0.5) is 14.9 Å². The van der Waals surface area contributed by atoms with E-state index in [1.807, 2.05) is 6.92 Å². The van der Waals surface area contributed by atoms with Gasteiger partial charge < -0.3 is 10.2 Å². The Labute approximate surface area is 82.5 Å². The predicted octanol–water partition coefficient (Wildman–Crippen LogP) is 2.31. The molecule has 4 heteroatoms. The number of benzene rings is 1. The lowest BCUT2D eigenvalue weighted by molar-refractivity contribution is 0.224. The van der Waals surface area contributed by atoms with E-state index in [2.05, 4.69) is 5.32 Å². The standard InChI is InChI=1S/C10H13FN2O/c1-3-13(2)10(14)12-9-6-4-5-8(11)7-9/h4-7H,3H2,1-2H3,(H,12,14). The van der Waals surface area contributed by atoms with Gasteiger partial charge in [-0.25, -0.2) is 9.18 Å². The molecule has 0 spiro atoms. The molecular weight excluding hydrogens is 183 g/mol. The Morgan fingerprint density at radius 2 is 2.29 bits per heavy atom. The summed E-state index contributed by atoms with van der Waals surface area (Å²) in [4.78, 5) is 12.9. The molecule has 1 rings (SSSR count). The van der Waals surface area contributed by atoms with Crippen LogP contribution in [-0.4, -0.2) is 24.5 Å². The minimum atomic E-state index is -0.359. The van der Waals surface area contributed by atoms with Crippen LogP contribution in [0.5, 0.6) is 0 Å². The number of nitrogens with one attached hydrogen (secondary N) is 1. The van der Waals surface area contributed by atoms with E-state index in [0.29, 0.717) is 12.2 Å². The summed E-state index contributed by atoms with van der Waals surface area (Å²) in [7, 11) is 1.68. The van der Waals surface area contributed by atoms with Crippen LogP contribution in [0.25, 0.3) is 0 Å². The molecular formula is C10H13FN2O. The average Bonchev–Trinajstić information content (AvgIpc) is 2.16. The molecule has 76 valence electrons. The van der Waals surface area contributed by atoms with Crippen LogP contribution in [0.1, 0.15) is 6.92 Å². The Kier molecular flexibility index (Phi) is 3.45. The molecule has 2 amide bonds. The fourth-order valence-corrected chi connectivity index (χ4v) is 0.929. The van der Waals surface area contributed by atoms with E-state index in [4.69, 9.17) is 0 Å². The molecule has 0 atom stereocenters. The van der Waals surface area contributed by atoms with Gasteiger partial charge in [0.05, 0.1) is 0 Å². The maximum atomic E-state index is 12.7. The predicted molar refractivity (Wildman–Crippen MR) is 53.7 cm³/mol. The number of carbonyl (C=O) groups excluding carboxylic acids is 1.